The molecule has 20 nitrogen and oxygen atoms in total. The molecule has 4 aromatic carbocycles. The number of hydrogen-bond acceptors (Lipinski definition) is 13. The van der Waals surface area contributed by atoms with Gasteiger partial charge in [0.25, 0.3) is 21.8 Å². The number of aromatic amines is 2. The zero-order valence-electron chi connectivity index (χ0n) is 56.0. The van der Waals surface area contributed by atoms with Crippen molar-refractivity contribution in [2.75, 3.05) is 18.4 Å². The van der Waals surface area contributed by atoms with E-state index in [1.807, 2.05) is 23.7 Å². The summed E-state index contributed by atoms with van der Waals surface area (Å²) in [6, 6.07) is 30.6. The highest BCUT2D eigenvalue weighted by atomic mass is 32.2. The quantitative estimate of drug-likeness (QED) is 0.00838. The van der Waals surface area contributed by atoms with Crippen LogP contribution in [0.1, 0.15) is 233 Å². The lowest BCUT2D eigenvalue weighted by Gasteiger charge is -2.45. The third kappa shape index (κ3) is 18.4. The van der Waals surface area contributed by atoms with Gasteiger partial charge in [-0.15, -0.1) is 14.5 Å². The standard InChI is InChI=1S/C45H64N4O3.C26H31N7O6S2/c1-7-8-9-10-11-12-13-14-18-38(42(50)51)52-37-20-19-36(44(5,6)31-43(2,3)4)29-35(37)28-33-16-15-17-34(27-33)41-46-40-30-39(47-49(40)48-41)45-24-21-32(22-25-45)23-26-45;1-16(23-28-22-14-21(26(2,3)4)29-33(22)30-23)15-27-24(34)17-8-6-10-19(12-17)32-41(36,37)20-11-7-9-18(13-20)25(35)31-40-39-38-5/h15-17,19-20,27,29-30,32,38,47H,7-14,18,21-26,28,31H2,1-6H3,(H,50,51);6-14,16,29,32H,15H2,1-5H3,(H,27,34)(H,31,35). The number of H-pyrrole nitrogens is 2. The Morgan fingerprint density at radius 3 is 2.10 bits per heavy atom. The van der Waals surface area contributed by atoms with Crippen molar-refractivity contribution < 1.29 is 41.9 Å². The van der Waals surface area contributed by atoms with Crippen molar-refractivity contribution in [1.82, 2.24) is 49.7 Å². The van der Waals surface area contributed by atoms with Crippen molar-refractivity contribution in [3.63, 3.8) is 0 Å². The molecule has 3 aliphatic rings. The first-order valence-corrected chi connectivity index (χ1v) is 35.2. The molecule has 6 N–H and O–H groups in total. The summed E-state index contributed by atoms with van der Waals surface area (Å²) in [5.41, 5.74) is 9.06. The minimum absolute atomic E-state index is 0.0620. The number of aliphatic carboxylic acids is 1. The number of amides is 2. The lowest BCUT2D eigenvalue weighted by Crippen LogP contribution is -2.38. The molecule has 3 saturated carbocycles. The number of nitrogens with zero attached hydrogens (tertiary/aromatic N) is 6. The number of carboxylic acids is 1. The van der Waals surface area contributed by atoms with Gasteiger partial charge < -0.3 is 15.2 Å². The van der Waals surface area contributed by atoms with Gasteiger partial charge in [-0.3, -0.25) is 29.2 Å². The van der Waals surface area contributed by atoms with Crippen LogP contribution >= 0.6 is 12.2 Å². The number of nitrogens with one attached hydrogen (secondary N) is 5. The van der Waals surface area contributed by atoms with Crippen molar-refractivity contribution in [2.24, 2.45) is 11.3 Å². The SMILES string of the molecule is CCCCCCCCCCC(Oc1ccc(C(C)(C)CC(C)(C)C)cc1Cc1cccc(-c2nc3cc(C45CCC(CC4)CC5)[nH]n3n2)c1)C(=O)O.COOSNC(=O)c1cccc(S(=O)(=O)Nc2cccc(C(=O)NCC(C)c3nc4cc(C(C)(C)C)[nH]n4n3)c2)c1. The number of carboxylic acid groups (broad SMARTS) is 1. The van der Waals surface area contributed by atoms with Gasteiger partial charge in [0.2, 0.25) is 0 Å². The predicted molar refractivity (Wildman–Crippen MR) is 365 cm³/mol. The van der Waals surface area contributed by atoms with Crippen LogP contribution in [0.25, 0.3) is 22.7 Å². The first-order chi connectivity index (χ1) is 44.2. The Morgan fingerprint density at radius 2 is 1.43 bits per heavy atom. The van der Waals surface area contributed by atoms with Gasteiger partial charge in [0.15, 0.2) is 41.3 Å². The summed E-state index contributed by atoms with van der Waals surface area (Å²) in [5, 5.41) is 29.3. The molecule has 0 spiro atoms. The van der Waals surface area contributed by atoms with Crippen molar-refractivity contribution in [3.05, 3.63) is 148 Å². The summed E-state index contributed by atoms with van der Waals surface area (Å²) in [5.74, 6) is 0.851. The van der Waals surface area contributed by atoms with Gasteiger partial charge in [0, 0.05) is 75.6 Å². The van der Waals surface area contributed by atoms with Crippen molar-refractivity contribution in [2.45, 2.75) is 212 Å². The number of fused-ring (bicyclic) bond motifs is 5. The number of unbranched alkanes of at least 4 members (excludes halogenated alkanes) is 7. The maximum Gasteiger partial charge on any atom is 0.344 e. The van der Waals surface area contributed by atoms with E-state index in [9.17, 15) is 27.9 Å². The molecule has 11 rings (SSSR count). The summed E-state index contributed by atoms with van der Waals surface area (Å²) >= 11 is 0.549. The fraction of sp³-hybridized carbons (Fsp3) is 0.507. The van der Waals surface area contributed by atoms with E-state index in [4.69, 9.17) is 14.8 Å². The Kier molecular flexibility index (Phi) is 22.7. The zero-order valence-corrected chi connectivity index (χ0v) is 57.6. The number of aromatic nitrogens is 8. The number of sulfonamides is 1. The Morgan fingerprint density at radius 1 is 0.763 bits per heavy atom. The fourth-order valence-corrected chi connectivity index (χ4v) is 14.5. The van der Waals surface area contributed by atoms with E-state index in [1.165, 1.54) is 125 Å². The number of carbonyl (C=O) groups excluding carboxylic acids is 2. The minimum atomic E-state index is -4.06. The van der Waals surface area contributed by atoms with Gasteiger partial charge in [-0.1, -0.05) is 157 Å². The third-order valence-electron chi connectivity index (χ3n) is 18.0. The summed E-state index contributed by atoms with van der Waals surface area (Å²) in [7, 11) is -2.79. The van der Waals surface area contributed by atoms with Crippen LogP contribution in [0.5, 0.6) is 5.75 Å². The molecule has 2 amide bonds. The first-order valence-electron chi connectivity index (χ1n) is 32.9. The van der Waals surface area contributed by atoms with Gasteiger partial charge in [-0.2, -0.15) is 9.26 Å². The molecule has 0 radical (unpaired) electrons. The number of benzene rings is 4. The highest BCUT2D eigenvalue weighted by molar-refractivity contribution is 7.93. The molecular weight excluding hydrogens is 1210 g/mol. The Hall–Kier alpha value is -7.53. The van der Waals surface area contributed by atoms with Crippen LogP contribution in [0, 0.1) is 11.3 Å². The Labute approximate surface area is 552 Å². The summed E-state index contributed by atoms with van der Waals surface area (Å²) in [6.45, 7) is 22.2. The fourth-order valence-electron chi connectivity index (χ4n) is 13.1. The van der Waals surface area contributed by atoms with E-state index in [-0.39, 0.29) is 61.7 Å². The minimum Gasteiger partial charge on any atom is -0.479 e. The van der Waals surface area contributed by atoms with E-state index in [0.717, 1.165) is 59.6 Å². The van der Waals surface area contributed by atoms with E-state index in [1.54, 1.807) is 16.8 Å². The molecule has 4 heterocycles. The second kappa shape index (κ2) is 30.3. The van der Waals surface area contributed by atoms with Crippen molar-refractivity contribution in [3.8, 4) is 17.1 Å². The maximum absolute atomic E-state index is 13.0. The molecule has 500 valence electrons. The summed E-state index contributed by atoms with van der Waals surface area (Å²) < 4.78 is 45.2. The normalized spacial score (nSPS) is 16.6. The number of ether oxygens (including phenoxy) is 1. The first kappa shape index (κ1) is 69.8. The largest absolute Gasteiger partial charge is 0.479 e. The van der Waals surface area contributed by atoms with Crippen LogP contribution < -0.4 is 19.5 Å². The Balaban J connectivity index is 0.000000226. The van der Waals surface area contributed by atoms with E-state index in [2.05, 4.69) is 149 Å². The zero-order chi connectivity index (χ0) is 66.7. The smallest absolute Gasteiger partial charge is 0.344 e. The molecule has 22 heteroatoms. The van der Waals surface area contributed by atoms with E-state index >= 15 is 0 Å². The lowest BCUT2D eigenvalue weighted by atomic mass is 9.59. The molecule has 3 fully saturated rings. The van der Waals surface area contributed by atoms with Crippen LogP contribution in [-0.4, -0.2) is 90.7 Å². The highest BCUT2D eigenvalue weighted by Gasteiger charge is 2.43. The molecule has 8 aromatic rings. The Bertz CT molecular complexity index is 3880. The lowest BCUT2D eigenvalue weighted by molar-refractivity contribution is -0.160. The van der Waals surface area contributed by atoms with Gasteiger partial charge >= 0.3 is 5.97 Å². The highest BCUT2D eigenvalue weighted by Crippen LogP contribution is 2.51. The van der Waals surface area contributed by atoms with Crippen LogP contribution in [0.15, 0.2) is 108 Å². The van der Waals surface area contributed by atoms with Crippen molar-refractivity contribution in [1.29, 1.82) is 0 Å². The molecule has 2 bridgehead atoms. The van der Waals surface area contributed by atoms with Crippen LogP contribution in [-0.2, 0) is 46.7 Å². The van der Waals surface area contributed by atoms with Gasteiger partial charge in [0.1, 0.15) is 5.75 Å². The number of carbonyl (C=O) groups is 3. The molecule has 2 atom stereocenters. The second-order valence-electron chi connectivity index (χ2n) is 28.4. The van der Waals surface area contributed by atoms with Crippen molar-refractivity contribution >= 4 is 57.0 Å². The molecule has 2 unspecified atom stereocenters. The number of rotatable bonds is 29. The third-order valence-corrected chi connectivity index (χ3v) is 19.9. The van der Waals surface area contributed by atoms with Crippen LogP contribution in [0.4, 0.5) is 5.69 Å². The van der Waals surface area contributed by atoms with Gasteiger partial charge in [-0.05, 0) is 140 Å². The van der Waals surface area contributed by atoms with Crippen LogP contribution in [0.2, 0.25) is 0 Å². The number of anilines is 1. The molecule has 4 aromatic heterocycles. The van der Waals surface area contributed by atoms with Gasteiger partial charge in [0.05, 0.1) is 12.0 Å². The topological polar surface area (TPSA) is 261 Å². The maximum atomic E-state index is 13.0. The molecule has 0 saturated heterocycles. The number of hydrogen-bond donors (Lipinski definition) is 6. The average Bonchev–Trinajstić information content (AvgIpc) is 1.67. The summed E-state index contributed by atoms with van der Waals surface area (Å²) in [4.78, 5) is 51.3. The van der Waals surface area contributed by atoms with Crippen LogP contribution in [0.3, 0.4) is 0 Å². The van der Waals surface area contributed by atoms with E-state index < -0.39 is 28.0 Å². The van der Waals surface area contributed by atoms with Gasteiger partial charge in [-0.25, -0.2) is 28.1 Å². The second-order valence-corrected chi connectivity index (χ2v) is 30.6. The van der Waals surface area contributed by atoms with E-state index in [0.29, 0.717) is 48.1 Å². The molecule has 93 heavy (non-hydrogen) atoms. The molecule has 3 aliphatic carbocycles. The summed E-state index contributed by atoms with van der Waals surface area (Å²) in [6.07, 6.45) is 18.5. The molecular formula is C71H95N11O9S2. The monoisotopic (exact) mass is 1310 g/mol. The average molecular weight is 1310 g/mol. The predicted octanol–water partition coefficient (Wildman–Crippen LogP) is 15.2. The molecule has 0 aliphatic heterocycles.